The van der Waals surface area contributed by atoms with Crippen molar-refractivity contribution in [2.75, 3.05) is 12.3 Å². The number of hydrogen-bond donors (Lipinski definition) is 6. The van der Waals surface area contributed by atoms with Crippen LogP contribution in [0.25, 0.3) is 11.0 Å². The van der Waals surface area contributed by atoms with Gasteiger partial charge in [0.25, 0.3) is 0 Å². The van der Waals surface area contributed by atoms with Crippen LogP contribution < -0.4 is 39.2 Å². The molecule has 0 aliphatic heterocycles. The lowest BCUT2D eigenvalue weighted by Gasteiger charge is -2.24. The number of nitrogens with two attached hydrogens (primary N) is 4. The zero-order valence-electron chi connectivity index (χ0n) is 23.6. The summed E-state index contributed by atoms with van der Waals surface area (Å²) < 4.78 is 5.28. The van der Waals surface area contributed by atoms with Gasteiger partial charge in [-0.2, -0.15) is 0 Å². The Hall–Kier alpha value is -4.55. The minimum Gasteiger partial charge on any atom is -0.421 e. The molecule has 3 amide bonds. The molecule has 0 aliphatic carbocycles. The minimum absolute atomic E-state index is 0.0129. The number of amides is 3. The summed E-state index contributed by atoms with van der Waals surface area (Å²) in [7, 11) is 0. The Morgan fingerprint density at radius 2 is 1.62 bits per heavy atom. The fraction of sp³-hybridized carbons (Fsp3) is 0.367. The molecule has 0 saturated heterocycles. The molecule has 10 N–H and O–H groups in total. The summed E-state index contributed by atoms with van der Waals surface area (Å²) in [5.41, 5.74) is 23.9. The lowest BCUT2D eigenvalue weighted by atomic mass is 9.97. The monoisotopic (exact) mass is 578 g/mol. The van der Waals surface area contributed by atoms with E-state index < -0.39 is 47.3 Å². The van der Waals surface area contributed by atoms with E-state index in [1.165, 1.54) is 6.07 Å². The van der Waals surface area contributed by atoms with Crippen LogP contribution in [0.4, 0.5) is 5.69 Å². The zero-order chi connectivity index (χ0) is 30.8. The molecule has 3 aromatic rings. The second-order valence-corrected chi connectivity index (χ2v) is 10.2. The van der Waals surface area contributed by atoms with Crippen LogP contribution in [0.1, 0.15) is 53.6 Å². The topological polar surface area (TPSA) is 227 Å². The number of fused-ring (bicyclic) bond motifs is 1. The average Bonchev–Trinajstić information content (AvgIpc) is 2.97. The first-order valence-corrected chi connectivity index (χ1v) is 13.8. The van der Waals surface area contributed by atoms with Gasteiger partial charge < -0.3 is 38.0 Å². The third-order valence-electron chi connectivity index (χ3n) is 7.02. The van der Waals surface area contributed by atoms with E-state index in [1.54, 1.807) is 19.1 Å². The van der Waals surface area contributed by atoms with Crippen molar-refractivity contribution >= 4 is 40.2 Å². The van der Waals surface area contributed by atoms with Crippen LogP contribution in [0.3, 0.4) is 0 Å². The summed E-state index contributed by atoms with van der Waals surface area (Å²) in [5, 5.41) is 5.91. The van der Waals surface area contributed by atoms with E-state index in [1.807, 2.05) is 30.3 Å². The average molecular weight is 579 g/mol. The largest absolute Gasteiger partial charge is 0.421 e. The fourth-order valence-electron chi connectivity index (χ4n) is 4.55. The van der Waals surface area contributed by atoms with Crippen LogP contribution in [0, 0.1) is 6.92 Å². The number of hydrogen-bond acceptors (Lipinski definition) is 9. The SMILES string of the molecule is Cc1c(N)c(=O)oc2cc(C(=O)[C@H](CCCCN)NC(=O)[C@H](CCC(N)=O)NC(=O)[C@@H](N)Cc3ccccc3)ccc12. The second kappa shape index (κ2) is 14.9. The Morgan fingerprint density at radius 1 is 0.929 bits per heavy atom. The van der Waals surface area contributed by atoms with Gasteiger partial charge in [-0.15, -0.1) is 0 Å². The summed E-state index contributed by atoms with van der Waals surface area (Å²) >= 11 is 0. The molecule has 1 aromatic heterocycles. The molecule has 3 rings (SSSR count). The third kappa shape index (κ3) is 8.48. The Morgan fingerprint density at radius 3 is 2.29 bits per heavy atom. The van der Waals surface area contributed by atoms with Crippen molar-refractivity contribution in [1.82, 2.24) is 10.6 Å². The summed E-state index contributed by atoms with van der Waals surface area (Å²) in [6, 6.07) is 10.7. The standard InChI is InChI=1S/C30H38N6O6/c1-17-20-11-10-19(16-24(20)42-30(41)26(17)34)27(38)22(9-5-6-14-31)35-29(40)23(12-13-25(33)37)36-28(39)21(32)15-18-7-3-2-4-8-18/h2-4,7-8,10-11,16,21-23H,5-6,9,12-15,31-32,34H2,1H3,(H2,33,37)(H,35,40)(H,36,39)/t21-,22-,23-/m0/s1. The predicted molar refractivity (Wildman–Crippen MR) is 159 cm³/mol. The Labute approximate surface area is 243 Å². The van der Waals surface area contributed by atoms with E-state index in [0.717, 1.165) is 5.56 Å². The number of nitrogens with one attached hydrogen (secondary N) is 2. The van der Waals surface area contributed by atoms with Crippen molar-refractivity contribution in [3.8, 4) is 0 Å². The van der Waals surface area contributed by atoms with E-state index >= 15 is 0 Å². The quantitative estimate of drug-likeness (QED) is 0.0850. The van der Waals surface area contributed by atoms with Gasteiger partial charge in [-0.3, -0.25) is 19.2 Å². The molecule has 0 unspecified atom stereocenters. The highest BCUT2D eigenvalue weighted by Gasteiger charge is 2.29. The number of unbranched alkanes of at least 4 members (excludes halogenated alkanes) is 1. The van der Waals surface area contributed by atoms with Gasteiger partial charge >= 0.3 is 5.63 Å². The van der Waals surface area contributed by atoms with Crippen molar-refractivity contribution in [2.24, 2.45) is 17.2 Å². The number of ketones is 1. The molecule has 3 atom stereocenters. The molecule has 224 valence electrons. The van der Waals surface area contributed by atoms with Gasteiger partial charge in [0, 0.05) is 17.4 Å². The molecule has 12 heteroatoms. The molecule has 12 nitrogen and oxygen atoms in total. The molecule has 0 spiro atoms. The lowest BCUT2D eigenvalue weighted by molar-refractivity contribution is -0.130. The number of primary amides is 1. The van der Waals surface area contributed by atoms with Gasteiger partial charge in [0.05, 0.1) is 12.1 Å². The van der Waals surface area contributed by atoms with Gasteiger partial charge in [0.1, 0.15) is 17.3 Å². The normalized spacial score (nSPS) is 13.2. The number of carbonyl (C=O) groups excluding carboxylic acids is 4. The molecular weight excluding hydrogens is 540 g/mol. The van der Waals surface area contributed by atoms with Crippen molar-refractivity contribution in [3.63, 3.8) is 0 Å². The Kier molecular flexibility index (Phi) is 11.3. The molecule has 1 heterocycles. The Balaban J connectivity index is 1.82. The van der Waals surface area contributed by atoms with E-state index in [4.69, 9.17) is 27.4 Å². The summed E-state index contributed by atoms with van der Waals surface area (Å²) in [5.74, 6) is -2.34. The van der Waals surface area contributed by atoms with Crippen molar-refractivity contribution < 1.29 is 23.6 Å². The molecule has 0 radical (unpaired) electrons. The van der Waals surface area contributed by atoms with Crippen LogP contribution in [0.2, 0.25) is 0 Å². The van der Waals surface area contributed by atoms with Gasteiger partial charge in [0.2, 0.25) is 17.7 Å². The number of rotatable bonds is 15. The first-order valence-electron chi connectivity index (χ1n) is 13.8. The highest BCUT2D eigenvalue weighted by Crippen LogP contribution is 2.23. The lowest BCUT2D eigenvalue weighted by Crippen LogP contribution is -2.55. The van der Waals surface area contributed by atoms with Gasteiger partial charge in [-0.25, -0.2) is 4.79 Å². The maximum absolute atomic E-state index is 13.6. The van der Waals surface area contributed by atoms with Crippen LogP contribution >= 0.6 is 0 Å². The smallest absolute Gasteiger partial charge is 0.359 e. The highest BCUT2D eigenvalue weighted by molar-refractivity contribution is 6.04. The highest BCUT2D eigenvalue weighted by atomic mass is 16.4. The van der Waals surface area contributed by atoms with Gasteiger partial charge in [-0.05, 0) is 62.8 Å². The second-order valence-electron chi connectivity index (χ2n) is 10.2. The molecule has 0 fully saturated rings. The maximum Gasteiger partial charge on any atom is 0.359 e. The van der Waals surface area contributed by atoms with Crippen LogP contribution in [-0.2, 0) is 20.8 Å². The fourth-order valence-corrected chi connectivity index (χ4v) is 4.55. The maximum atomic E-state index is 13.6. The van der Waals surface area contributed by atoms with Crippen LogP contribution in [-0.4, -0.2) is 48.2 Å². The van der Waals surface area contributed by atoms with Crippen molar-refractivity contribution in [1.29, 1.82) is 0 Å². The number of nitrogen functional groups attached to an aromatic ring is 1. The molecule has 0 bridgehead atoms. The van der Waals surface area contributed by atoms with Gasteiger partial charge in [-0.1, -0.05) is 42.5 Å². The van der Waals surface area contributed by atoms with E-state index in [-0.39, 0.29) is 42.5 Å². The molecule has 0 aliphatic rings. The number of carbonyl (C=O) groups is 4. The number of Topliss-reactive ketones (excluding diaryl/α,β-unsaturated/α-hetero) is 1. The summed E-state index contributed by atoms with van der Waals surface area (Å²) in [6.45, 7) is 2.07. The first kappa shape index (κ1) is 32.0. The van der Waals surface area contributed by atoms with E-state index in [2.05, 4.69) is 10.6 Å². The van der Waals surface area contributed by atoms with Crippen LogP contribution in [0.5, 0.6) is 0 Å². The summed E-state index contributed by atoms with van der Waals surface area (Å²) in [6.07, 6.45) is 1.38. The molecule has 42 heavy (non-hydrogen) atoms. The van der Waals surface area contributed by atoms with E-state index in [9.17, 15) is 24.0 Å². The third-order valence-corrected chi connectivity index (χ3v) is 7.02. The predicted octanol–water partition coefficient (Wildman–Crippen LogP) is 0.800. The Bertz CT molecular complexity index is 1490. The van der Waals surface area contributed by atoms with Crippen molar-refractivity contribution in [2.45, 2.75) is 63.6 Å². The summed E-state index contributed by atoms with van der Waals surface area (Å²) in [4.78, 5) is 63.5. The van der Waals surface area contributed by atoms with Gasteiger partial charge in [0.15, 0.2) is 5.78 Å². The zero-order valence-corrected chi connectivity index (χ0v) is 23.6. The minimum atomic E-state index is -1.17. The van der Waals surface area contributed by atoms with E-state index in [0.29, 0.717) is 30.3 Å². The first-order chi connectivity index (χ1) is 20.0. The molecule has 0 saturated carbocycles. The molecule has 2 aromatic carbocycles. The van der Waals surface area contributed by atoms with Crippen LogP contribution in [0.15, 0.2) is 57.7 Å². The number of anilines is 1. The number of benzene rings is 2. The van der Waals surface area contributed by atoms with Crippen molar-refractivity contribution in [3.05, 3.63) is 75.6 Å². The molecular formula is C30H38N6O6. The number of aryl methyl sites for hydroxylation is 1.